The highest BCUT2D eigenvalue weighted by molar-refractivity contribution is 6.17. The molecule has 3 heteroatoms. The number of nitrogens with zero attached hydrogens (tertiary/aromatic N) is 3. The molecule has 13 aromatic rings. The molecule has 0 N–H and O–H groups in total. The molecular weight excluding hydrogens is 871 g/mol. The molecule has 0 amide bonds. The fourth-order valence-electron chi connectivity index (χ4n) is 12.1. The van der Waals surface area contributed by atoms with Gasteiger partial charge in [-0.15, -0.1) is 0 Å². The van der Waals surface area contributed by atoms with Gasteiger partial charge in [-0.1, -0.05) is 190 Å². The van der Waals surface area contributed by atoms with Crippen LogP contribution in [0.4, 0.5) is 17.1 Å². The lowest BCUT2D eigenvalue weighted by molar-refractivity contribution is 0.662. The Balaban J connectivity index is 0.891. The fourth-order valence-corrected chi connectivity index (χ4v) is 12.1. The van der Waals surface area contributed by atoms with Gasteiger partial charge in [-0.2, -0.15) is 0 Å². The standard InChI is InChI=1S/C69H49N3/c1-69(2)61-29-12-9-22-57(61)58-28-15-27-56(68(58)69)48-38-44-53(45-39-48)70(51-40-34-46(35-41-51)54-25-16-32-64-66(54)59-23-10-13-30-62(59)71(64)49-18-5-3-6-19-49)52-42-36-47(37-43-52)55-26-17-33-65-67(55)60-24-11-14-31-63(60)72(65)50-20-7-4-8-21-50/h3-45H,1-2H3. The first kappa shape index (κ1) is 41.8. The molecule has 340 valence electrons. The summed E-state index contributed by atoms with van der Waals surface area (Å²) in [6.07, 6.45) is 0. The summed E-state index contributed by atoms with van der Waals surface area (Å²) in [4.78, 5) is 2.40. The van der Waals surface area contributed by atoms with Gasteiger partial charge in [0, 0.05) is 55.4 Å². The minimum atomic E-state index is -0.113. The summed E-state index contributed by atoms with van der Waals surface area (Å²) in [6.45, 7) is 4.74. The van der Waals surface area contributed by atoms with Gasteiger partial charge in [-0.25, -0.2) is 0 Å². The highest BCUT2D eigenvalue weighted by atomic mass is 15.1. The van der Waals surface area contributed by atoms with Gasteiger partial charge in [0.25, 0.3) is 0 Å². The maximum atomic E-state index is 2.40. The molecule has 1 aliphatic rings. The van der Waals surface area contributed by atoms with Crippen LogP contribution in [0.15, 0.2) is 261 Å². The highest BCUT2D eigenvalue weighted by Crippen LogP contribution is 2.52. The summed E-state index contributed by atoms with van der Waals surface area (Å²) < 4.78 is 4.78. The molecule has 0 saturated heterocycles. The van der Waals surface area contributed by atoms with Crippen LogP contribution in [0.1, 0.15) is 25.0 Å². The molecule has 3 nitrogen and oxygen atoms in total. The van der Waals surface area contributed by atoms with Crippen LogP contribution in [-0.4, -0.2) is 9.13 Å². The first-order valence-electron chi connectivity index (χ1n) is 25.0. The van der Waals surface area contributed by atoms with Gasteiger partial charge < -0.3 is 14.0 Å². The van der Waals surface area contributed by atoms with Crippen LogP contribution in [0.5, 0.6) is 0 Å². The van der Waals surface area contributed by atoms with Crippen molar-refractivity contribution in [1.29, 1.82) is 0 Å². The van der Waals surface area contributed by atoms with E-state index in [1.165, 1.54) is 99.2 Å². The third-order valence-electron chi connectivity index (χ3n) is 15.3. The van der Waals surface area contributed by atoms with Gasteiger partial charge >= 0.3 is 0 Å². The van der Waals surface area contributed by atoms with Crippen molar-refractivity contribution < 1.29 is 0 Å². The Morgan fingerprint density at radius 3 is 1.15 bits per heavy atom. The Labute approximate surface area is 419 Å². The van der Waals surface area contributed by atoms with E-state index in [2.05, 4.69) is 289 Å². The number of fused-ring (bicyclic) bond motifs is 9. The maximum Gasteiger partial charge on any atom is 0.0547 e. The number of anilines is 3. The second kappa shape index (κ2) is 16.5. The van der Waals surface area contributed by atoms with E-state index in [4.69, 9.17) is 0 Å². The first-order valence-corrected chi connectivity index (χ1v) is 25.0. The monoisotopic (exact) mass is 919 g/mol. The zero-order valence-electron chi connectivity index (χ0n) is 40.2. The SMILES string of the molecule is CC1(C)c2ccccc2-c2cccc(-c3ccc(N(c4ccc(-c5cccc6c5c5ccccc5n6-c5ccccc5)cc4)c4ccc(-c5cccc6c5c5ccccc5n6-c5ccccc5)cc4)cc3)c21. The molecule has 2 heterocycles. The Kier molecular flexibility index (Phi) is 9.56. The summed E-state index contributed by atoms with van der Waals surface area (Å²) in [5.74, 6) is 0. The van der Waals surface area contributed by atoms with E-state index in [0.717, 1.165) is 28.4 Å². The lowest BCUT2D eigenvalue weighted by Gasteiger charge is -2.27. The van der Waals surface area contributed by atoms with Gasteiger partial charge in [0.2, 0.25) is 0 Å². The number of benzene rings is 11. The fraction of sp³-hybridized carbons (Fsp3) is 0.0435. The van der Waals surface area contributed by atoms with E-state index in [1.807, 2.05) is 0 Å². The predicted octanol–water partition coefficient (Wildman–Crippen LogP) is 18.7. The van der Waals surface area contributed by atoms with Gasteiger partial charge in [0.05, 0.1) is 22.1 Å². The second-order valence-corrected chi connectivity index (χ2v) is 19.7. The molecule has 14 rings (SSSR count). The third-order valence-corrected chi connectivity index (χ3v) is 15.3. The van der Waals surface area contributed by atoms with Gasteiger partial charge in [-0.05, 0) is 141 Å². The van der Waals surface area contributed by atoms with Crippen LogP contribution in [0, 0.1) is 0 Å². The highest BCUT2D eigenvalue weighted by Gasteiger charge is 2.37. The molecule has 2 aromatic heterocycles. The first-order chi connectivity index (χ1) is 35.5. The lowest BCUT2D eigenvalue weighted by atomic mass is 9.79. The minimum absolute atomic E-state index is 0.113. The van der Waals surface area contributed by atoms with Gasteiger partial charge in [0.15, 0.2) is 0 Å². The number of hydrogen-bond donors (Lipinski definition) is 0. The minimum Gasteiger partial charge on any atom is -0.311 e. The molecule has 0 atom stereocenters. The maximum absolute atomic E-state index is 2.40. The average molecular weight is 920 g/mol. The summed E-state index contributed by atoms with van der Waals surface area (Å²) in [5.41, 5.74) is 23.0. The Hall–Kier alpha value is -9.18. The summed E-state index contributed by atoms with van der Waals surface area (Å²) in [5, 5.41) is 5.01. The predicted molar refractivity (Wildman–Crippen MR) is 304 cm³/mol. The molecule has 0 aliphatic heterocycles. The van der Waals surface area contributed by atoms with E-state index in [9.17, 15) is 0 Å². The number of aromatic nitrogens is 2. The quantitative estimate of drug-likeness (QED) is 0.148. The van der Waals surface area contributed by atoms with Crippen LogP contribution in [0.2, 0.25) is 0 Å². The topological polar surface area (TPSA) is 13.1 Å². The molecule has 0 spiro atoms. The van der Waals surface area contributed by atoms with E-state index in [0.29, 0.717) is 0 Å². The van der Waals surface area contributed by atoms with Crippen LogP contribution in [0.25, 0.3) is 99.5 Å². The van der Waals surface area contributed by atoms with E-state index < -0.39 is 0 Å². The molecule has 11 aromatic carbocycles. The number of para-hydroxylation sites is 4. The lowest BCUT2D eigenvalue weighted by Crippen LogP contribution is -2.16. The van der Waals surface area contributed by atoms with Crippen molar-refractivity contribution in [2.75, 3.05) is 4.90 Å². The largest absolute Gasteiger partial charge is 0.311 e. The van der Waals surface area contributed by atoms with E-state index >= 15 is 0 Å². The smallest absolute Gasteiger partial charge is 0.0547 e. The molecule has 0 radical (unpaired) electrons. The van der Waals surface area contributed by atoms with Crippen LogP contribution >= 0.6 is 0 Å². The van der Waals surface area contributed by atoms with Crippen molar-refractivity contribution >= 4 is 60.7 Å². The van der Waals surface area contributed by atoms with Gasteiger partial charge in [-0.3, -0.25) is 0 Å². The van der Waals surface area contributed by atoms with Crippen molar-refractivity contribution in [2.45, 2.75) is 19.3 Å². The molecular formula is C69H49N3. The van der Waals surface area contributed by atoms with Crippen LogP contribution in [0.3, 0.4) is 0 Å². The summed E-state index contributed by atoms with van der Waals surface area (Å²) >= 11 is 0. The Bertz CT molecular complexity index is 4000. The molecule has 0 fully saturated rings. The van der Waals surface area contributed by atoms with Crippen LogP contribution in [-0.2, 0) is 5.41 Å². The van der Waals surface area contributed by atoms with Gasteiger partial charge in [0.1, 0.15) is 0 Å². The zero-order valence-corrected chi connectivity index (χ0v) is 40.2. The Morgan fingerprint density at radius 1 is 0.292 bits per heavy atom. The van der Waals surface area contributed by atoms with Crippen molar-refractivity contribution in [1.82, 2.24) is 9.13 Å². The average Bonchev–Trinajstić information content (AvgIpc) is 4.05. The normalized spacial score (nSPS) is 12.7. The molecule has 0 unspecified atom stereocenters. The van der Waals surface area contributed by atoms with E-state index in [1.54, 1.807) is 0 Å². The molecule has 0 bridgehead atoms. The molecule has 1 aliphatic carbocycles. The van der Waals surface area contributed by atoms with Crippen LogP contribution < -0.4 is 4.90 Å². The zero-order chi connectivity index (χ0) is 47.9. The Morgan fingerprint density at radius 2 is 0.653 bits per heavy atom. The van der Waals surface area contributed by atoms with Crippen molar-refractivity contribution in [3.63, 3.8) is 0 Å². The van der Waals surface area contributed by atoms with Crippen molar-refractivity contribution in [2.24, 2.45) is 0 Å². The third kappa shape index (κ3) is 6.44. The van der Waals surface area contributed by atoms with Crippen molar-refractivity contribution in [3.8, 4) is 55.9 Å². The molecule has 0 saturated carbocycles. The summed E-state index contributed by atoms with van der Waals surface area (Å²) in [6, 6.07) is 95.7. The second-order valence-electron chi connectivity index (χ2n) is 19.7. The van der Waals surface area contributed by atoms with Crippen molar-refractivity contribution in [3.05, 3.63) is 272 Å². The van der Waals surface area contributed by atoms with E-state index in [-0.39, 0.29) is 5.41 Å². The molecule has 72 heavy (non-hydrogen) atoms. The number of rotatable bonds is 8. The number of hydrogen-bond acceptors (Lipinski definition) is 1. The summed E-state index contributed by atoms with van der Waals surface area (Å²) in [7, 11) is 0.